The Morgan fingerprint density at radius 3 is 2.31 bits per heavy atom. The number of carbonyl (C=O) groups is 2. The molecule has 1 amide bonds. The van der Waals surface area contributed by atoms with Crippen LogP contribution in [0.1, 0.15) is 36.2 Å². The van der Waals surface area contributed by atoms with E-state index in [1.54, 1.807) is 24.3 Å². The average Bonchev–Trinajstić information content (AvgIpc) is 2.69. The summed E-state index contributed by atoms with van der Waals surface area (Å²) >= 11 is 0. The molecule has 29 heavy (non-hydrogen) atoms. The molecule has 0 saturated heterocycles. The molecule has 2 N–H and O–H groups in total. The summed E-state index contributed by atoms with van der Waals surface area (Å²) in [6, 6.07) is 16.3. The molecule has 0 aliphatic heterocycles. The molecule has 6 nitrogen and oxygen atoms in total. The number of carboxylic acid groups (broad SMARTS) is 1. The molecule has 0 fully saturated rings. The number of anilines is 1. The lowest BCUT2D eigenvalue weighted by molar-refractivity contribution is -0.141. The van der Waals surface area contributed by atoms with Gasteiger partial charge in [0.1, 0.15) is 12.5 Å². The van der Waals surface area contributed by atoms with Gasteiger partial charge >= 0.3 is 14.0 Å². The fourth-order valence-electron chi connectivity index (χ4n) is 2.87. The summed E-state index contributed by atoms with van der Waals surface area (Å²) in [5.74, 6) is -1.53. The summed E-state index contributed by atoms with van der Waals surface area (Å²) in [6.07, 6.45) is 1.07. The summed E-state index contributed by atoms with van der Waals surface area (Å²) in [7, 11) is -2.01. The van der Waals surface area contributed by atoms with Crippen molar-refractivity contribution >= 4 is 25.6 Å². The third kappa shape index (κ3) is 8.14. The Labute approximate surface area is 172 Å². The molecule has 0 bridgehead atoms. The van der Waals surface area contributed by atoms with E-state index in [4.69, 9.17) is 4.52 Å². The van der Waals surface area contributed by atoms with Crippen LogP contribution in [0.3, 0.4) is 0 Å². The highest BCUT2D eigenvalue weighted by molar-refractivity contribution is 7.39. The van der Waals surface area contributed by atoms with Crippen molar-refractivity contribution in [2.45, 2.75) is 26.7 Å². The van der Waals surface area contributed by atoms with Crippen LogP contribution in [0.2, 0.25) is 0 Å². The van der Waals surface area contributed by atoms with Crippen LogP contribution >= 0.6 is 8.03 Å². The SMILES string of the molecule is CC(C)CC(C[P+](=O)OCCc1ccc(NC(=O)c2ccccc2)cc1)C(=O)O. The maximum atomic E-state index is 12.1. The second kappa shape index (κ2) is 11.4. The Balaban J connectivity index is 1.77. The Kier molecular flexibility index (Phi) is 8.97. The van der Waals surface area contributed by atoms with Gasteiger partial charge in [0, 0.05) is 17.7 Å². The van der Waals surface area contributed by atoms with Crippen molar-refractivity contribution in [1.29, 1.82) is 0 Å². The number of hydrogen-bond acceptors (Lipinski definition) is 4. The predicted octanol–water partition coefficient (Wildman–Crippen LogP) is 4.99. The van der Waals surface area contributed by atoms with Crippen LogP contribution in [0.4, 0.5) is 5.69 Å². The number of aliphatic carboxylic acids is 1. The van der Waals surface area contributed by atoms with E-state index < -0.39 is 19.9 Å². The summed E-state index contributed by atoms with van der Waals surface area (Å²) in [6.45, 7) is 4.13. The van der Waals surface area contributed by atoms with Gasteiger partial charge in [-0.15, -0.1) is 4.52 Å². The first-order valence-corrected chi connectivity index (χ1v) is 11.0. The van der Waals surface area contributed by atoms with Crippen molar-refractivity contribution in [3.8, 4) is 0 Å². The first kappa shape index (κ1) is 22.7. The van der Waals surface area contributed by atoms with E-state index in [-0.39, 0.29) is 24.6 Å². The standard InChI is InChI=1S/C22H26NO5P/c1-16(2)14-19(22(25)26)15-29(27)28-13-12-17-8-10-20(11-9-17)23-21(24)18-6-4-3-5-7-18/h3-11,16,19H,12-15H2,1-2H3,(H-,23,24,25,26)/p+1. The second-order valence-corrected chi connectivity index (χ2v) is 8.57. The first-order valence-electron chi connectivity index (χ1n) is 9.61. The highest BCUT2D eigenvalue weighted by Gasteiger charge is 2.30. The van der Waals surface area contributed by atoms with Gasteiger partial charge in [-0.25, -0.2) is 0 Å². The van der Waals surface area contributed by atoms with Gasteiger partial charge in [0.25, 0.3) is 5.91 Å². The van der Waals surface area contributed by atoms with Crippen molar-refractivity contribution in [2.24, 2.45) is 11.8 Å². The Morgan fingerprint density at radius 2 is 1.72 bits per heavy atom. The molecule has 2 rings (SSSR count). The lowest BCUT2D eigenvalue weighted by atomic mass is 9.99. The minimum Gasteiger partial charge on any atom is -0.481 e. The topological polar surface area (TPSA) is 92.7 Å². The summed E-state index contributed by atoms with van der Waals surface area (Å²) < 4.78 is 17.4. The number of amides is 1. The van der Waals surface area contributed by atoms with E-state index in [0.29, 0.717) is 24.1 Å². The molecule has 2 aromatic carbocycles. The fourth-order valence-corrected chi connectivity index (χ4v) is 3.93. The summed E-state index contributed by atoms with van der Waals surface area (Å²) in [4.78, 5) is 23.4. The minimum atomic E-state index is -2.01. The molecule has 2 aromatic rings. The minimum absolute atomic E-state index is 0.0350. The first-order chi connectivity index (χ1) is 13.8. The van der Waals surface area contributed by atoms with Crippen molar-refractivity contribution in [1.82, 2.24) is 0 Å². The van der Waals surface area contributed by atoms with E-state index in [1.165, 1.54) is 0 Å². The number of carboxylic acids is 1. The molecule has 2 atom stereocenters. The van der Waals surface area contributed by atoms with E-state index in [0.717, 1.165) is 5.56 Å². The van der Waals surface area contributed by atoms with Crippen LogP contribution in [0.5, 0.6) is 0 Å². The summed E-state index contributed by atoms with van der Waals surface area (Å²) in [5.41, 5.74) is 2.25. The molecule has 0 aromatic heterocycles. The fraction of sp³-hybridized carbons (Fsp3) is 0.364. The van der Waals surface area contributed by atoms with Gasteiger partial charge in [-0.2, -0.15) is 0 Å². The highest BCUT2D eigenvalue weighted by Crippen LogP contribution is 2.29. The lowest BCUT2D eigenvalue weighted by Crippen LogP contribution is -2.18. The number of nitrogens with one attached hydrogen (secondary N) is 1. The molecule has 0 aliphatic carbocycles. The van der Waals surface area contributed by atoms with Gasteiger partial charge in [0.05, 0.1) is 0 Å². The molecule has 0 heterocycles. The Bertz CT molecular complexity index is 821. The largest absolute Gasteiger partial charge is 0.508 e. The number of rotatable bonds is 11. The lowest BCUT2D eigenvalue weighted by Gasteiger charge is -2.09. The molecular weight excluding hydrogens is 389 g/mol. The molecule has 2 unspecified atom stereocenters. The quantitative estimate of drug-likeness (QED) is 0.504. The number of carbonyl (C=O) groups excluding carboxylic acids is 1. The summed E-state index contributed by atoms with van der Waals surface area (Å²) in [5, 5.41) is 12.1. The van der Waals surface area contributed by atoms with Crippen LogP contribution in [0.25, 0.3) is 0 Å². The number of hydrogen-bond donors (Lipinski definition) is 2. The van der Waals surface area contributed by atoms with Crippen molar-refractivity contribution in [3.63, 3.8) is 0 Å². The van der Waals surface area contributed by atoms with Crippen LogP contribution in [0, 0.1) is 11.8 Å². The van der Waals surface area contributed by atoms with E-state index in [2.05, 4.69) is 5.32 Å². The Hall–Kier alpha value is -2.56. The van der Waals surface area contributed by atoms with E-state index in [1.807, 2.05) is 44.2 Å². The van der Waals surface area contributed by atoms with Crippen molar-refractivity contribution in [3.05, 3.63) is 65.7 Å². The van der Waals surface area contributed by atoms with Gasteiger partial charge in [0.15, 0.2) is 6.16 Å². The van der Waals surface area contributed by atoms with Crippen molar-refractivity contribution < 1.29 is 23.8 Å². The molecule has 0 radical (unpaired) electrons. The molecule has 0 saturated carbocycles. The van der Waals surface area contributed by atoms with E-state index >= 15 is 0 Å². The third-order valence-electron chi connectivity index (χ3n) is 4.35. The maximum absolute atomic E-state index is 12.1. The van der Waals surface area contributed by atoms with Gasteiger partial charge in [0.2, 0.25) is 0 Å². The van der Waals surface area contributed by atoms with Crippen LogP contribution in [-0.2, 0) is 20.3 Å². The second-order valence-electron chi connectivity index (χ2n) is 7.28. The highest BCUT2D eigenvalue weighted by atomic mass is 31.1. The van der Waals surface area contributed by atoms with E-state index in [9.17, 15) is 19.3 Å². The smallest absolute Gasteiger partial charge is 0.481 e. The average molecular weight is 416 g/mol. The van der Waals surface area contributed by atoms with Gasteiger partial charge in [-0.3, -0.25) is 9.59 Å². The number of benzene rings is 2. The maximum Gasteiger partial charge on any atom is 0.508 e. The predicted molar refractivity (Wildman–Crippen MR) is 114 cm³/mol. The molecule has 0 aliphatic rings. The van der Waals surface area contributed by atoms with Crippen LogP contribution < -0.4 is 5.32 Å². The van der Waals surface area contributed by atoms with Crippen LogP contribution in [0.15, 0.2) is 54.6 Å². The van der Waals surface area contributed by atoms with Crippen molar-refractivity contribution in [2.75, 3.05) is 18.1 Å². The van der Waals surface area contributed by atoms with Gasteiger partial charge < -0.3 is 10.4 Å². The monoisotopic (exact) mass is 416 g/mol. The molecule has 7 heteroatoms. The van der Waals surface area contributed by atoms with Gasteiger partial charge in [-0.1, -0.05) is 44.2 Å². The normalized spacial score (nSPS) is 12.4. The zero-order valence-electron chi connectivity index (χ0n) is 16.7. The van der Waals surface area contributed by atoms with Gasteiger partial charge in [-0.05, 0) is 46.7 Å². The Morgan fingerprint density at radius 1 is 1.07 bits per heavy atom. The third-order valence-corrected chi connectivity index (χ3v) is 5.56. The zero-order valence-corrected chi connectivity index (χ0v) is 17.6. The zero-order chi connectivity index (χ0) is 21.2. The molecule has 0 spiro atoms. The molecular formula is C22H27NO5P+. The molecule has 154 valence electrons. The van der Waals surface area contributed by atoms with Crippen LogP contribution in [-0.4, -0.2) is 29.8 Å².